The Bertz CT molecular complexity index is 297. The summed E-state index contributed by atoms with van der Waals surface area (Å²) in [5, 5.41) is 0.960. The largest absolute Gasteiger partial charge is 0.299 e. The Hall–Kier alpha value is -0.700. The molecule has 0 fully saturated rings. The van der Waals surface area contributed by atoms with E-state index < -0.39 is 0 Å². The van der Waals surface area contributed by atoms with Gasteiger partial charge in [-0.3, -0.25) is 4.79 Å². The van der Waals surface area contributed by atoms with Crippen molar-refractivity contribution in [3.63, 3.8) is 0 Å². The lowest BCUT2D eigenvalue weighted by molar-refractivity contribution is -0.119. The van der Waals surface area contributed by atoms with Gasteiger partial charge in [0.05, 0.1) is 11.6 Å². The van der Waals surface area contributed by atoms with Crippen LogP contribution in [0.15, 0.2) is 0 Å². The van der Waals surface area contributed by atoms with Crippen molar-refractivity contribution in [2.45, 2.75) is 40.0 Å². The summed E-state index contributed by atoms with van der Waals surface area (Å²) in [4.78, 5) is 17.0. The molecule has 13 heavy (non-hydrogen) atoms. The molecule has 1 heterocycles. The molecule has 0 aliphatic carbocycles. The molecule has 0 spiro atoms. The highest BCUT2D eigenvalue weighted by atomic mass is 32.1. The molecular weight excluding hydrogens is 182 g/mol. The van der Waals surface area contributed by atoms with Crippen molar-refractivity contribution in [3.8, 4) is 0 Å². The second-order valence-electron chi connectivity index (χ2n) is 3.24. The van der Waals surface area contributed by atoms with Crippen molar-refractivity contribution in [2.24, 2.45) is 0 Å². The van der Waals surface area contributed by atoms with Gasteiger partial charge in [0.2, 0.25) is 0 Å². The SMILES string of the molecule is CCC(=O)C(C)c1nc(C)c(C)s1. The van der Waals surface area contributed by atoms with Gasteiger partial charge in [-0.2, -0.15) is 0 Å². The smallest absolute Gasteiger partial charge is 0.142 e. The predicted octanol–water partition coefficient (Wildman–Crippen LogP) is 2.84. The summed E-state index contributed by atoms with van der Waals surface area (Å²) in [6.07, 6.45) is 0.596. The Labute approximate surface area is 83.0 Å². The fourth-order valence-electron chi connectivity index (χ4n) is 1.13. The van der Waals surface area contributed by atoms with Crippen LogP contribution in [0.3, 0.4) is 0 Å². The van der Waals surface area contributed by atoms with Crippen LogP contribution in [0.5, 0.6) is 0 Å². The molecule has 0 saturated carbocycles. The molecule has 0 amide bonds. The molecule has 3 heteroatoms. The lowest BCUT2D eigenvalue weighted by Gasteiger charge is -2.03. The van der Waals surface area contributed by atoms with E-state index in [0.717, 1.165) is 10.7 Å². The summed E-state index contributed by atoms with van der Waals surface area (Å²) < 4.78 is 0. The molecule has 1 unspecified atom stereocenters. The molecule has 1 atom stereocenters. The van der Waals surface area contributed by atoms with E-state index in [1.807, 2.05) is 27.7 Å². The lowest BCUT2D eigenvalue weighted by atomic mass is 10.1. The van der Waals surface area contributed by atoms with Crippen LogP contribution >= 0.6 is 11.3 Å². The fourth-order valence-corrected chi connectivity index (χ4v) is 2.12. The number of aromatic nitrogens is 1. The summed E-state index contributed by atoms with van der Waals surface area (Å²) in [6.45, 7) is 7.85. The number of thiazole rings is 1. The van der Waals surface area contributed by atoms with Gasteiger partial charge in [0.1, 0.15) is 10.8 Å². The van der Waals surface area contributed by atoms with Gasteiger partial charge in [-0.25, -0.2) is 4.98 Å². The average Bonchev–Trinajstić information content (AvgIpc) is 2.44. The van der Waals surface area contributed by atoms with E-state index in [4.69, 9.17) is 0 Å². The molecule has 0 aliphatic rings. The first-order chi connectivity index (χ1) is 6.06. The number of carbonyl (C=O) groups excluding carboxylic acids is 1. The quantitative estimate of drug-likeness (QED) is 0.745. The Morgan fingerprint density at radius 2 is 2.15 bits per heavy atom. The molecule has 1 rings (SSSR count). The van der Waals surface area contributed by atoms with Crippen LogP contribution in [0.4, 0.5) is 0 Å². The molecule has 2 nitrogen and oxygen atoms in total. The van der Waals surface area contributed by atoms with Crippen molar-refractivity contribution in [3.05, 3.63) is 15.6 Å². The number of carbonyl (C=O) groups is 1. The number of nitrogens with zero attached hydrogens (tertiary/aromatic N) is 1. The highest BCUT2D eigenvalue weighted by molar-refractivity contribution is 7.11. The predicted molar refractivity (Wildman–Crippen MR) is 55.3 cm³/mol. The average molecular weight is 197 g/mol. The monoisotopic (exact) mass is 197 g/mol. The lowest BCUT2D eigenvalue weighted by Crippen LogP contribution is -2.06. The highest BCUT2D eigenvalue weighted by Crippen LogP contribution is 2.25. The second-order valence-corrected chi connectivity index (χ2v) is 4.47. The van der Waals surface area contributed by atoms with E-state index in [1.165, 1.54) is 4.88 Å². The zero-order valence-corrected chi connectivity index (χ0v) is 9.36. The standard InChI is InChI=1S/C10H15NOS/c1-5-9(12)6(2)10-11-7(3)8(4)13-10/h6H,5H2,1-4H3. The molecule has 0 N–H and O–H groups in total. The van der Waals surface area contributed by atoms with E-state index in [-0.39, 0.29) is 11.7 Å². The van der Waals surface area contributed by atoms with Gasteiger partial charge in [0.25, 0.3) is 0 Å². The summed E-state index contributed by atoms with van der Waals surface area (Å²) in [5.74, 6) is 0.246. The van der Waals surface area contributed by atoms with Crippen LogP contribution in [0.25, 0.3) is 0 Å². The van der Waals surface area contributed by atoms with Gasteiger partial charge in [0.15, 0.2) is 0 Å². The first-order valence-corrected chi connectivity index (χ1v) is 5.34. The number of ketones is 1. The van der Waals surface area contributed by atoms with Gasteiger partial charge in [-0.15, -0.1) is 11.3 Å². The third kappa shape index (κ3) is 2.15. The molecule has 0 bridgehead atoms. The van der Waals surface area contributed by atoms with Crippen LogP contribution in [0, 0.1) is 13.8 Å². The maximum atomic E-state index is 11.4. The Morgan fingerprint density at radius 1 is 1.54 bits per heavy atom. The van der Waals surface area contributed by atoms with Crippen LogP contribution in [0.1, 0.15) is 41.8 Å². The van der Waals surface area contributed by atoms with Crippen LogP contribution in [-0.4, -0.2) is 10.8 Å². The van der Waals surface area contributed by atoms with E-state index >= 15 is 0 Å². The fraction of sp³-hybridized carbons (Fsp3) is 0.600. The maximum absolute atomic E-state index is 11.4. The molecule has 0 saturated heterocycles. The molecule has 0 radical (unpaired) electrons. The highest BCUT2D eigenvalue weighted by Gasteiger charge is 2.17. The topological polar surface area (TPSA) is 30.0 Å². The van der Waals surface area contributed by atoms with Crippen molar-refractivity contribution >= 4 is 17.1 Å². The number of aryl methyl sites for hydroxylation is 2. The minimum atomic E-state index is -0.0256. The summed E-state index contributed by atoms with van der Waals surface area (Å²) in [6, 6.07) is 0. The van der Waals surface area contributed by atoms with Crippen LogP contribution in [0.2, 0.25) is 0 Å². The Balaban J connectivity index is 2.89. The van der Waals surface area contributed by atoms with Gasteiger partial charge in [-0.1, -0.05) is 6.92 Å². The molecular formula is C10H15NOS. The van der Waals surface area contributed by atoms with Crippen molar-refractivity contribution in [1.82, 2.24) is 4.98 Å². The van der Waals surface area contributed by atoms with Crippen molar-refractivity contribution in [1.29, 1.82) is 0 Å². The minimum absolute atomic E-state index is 0.0256. The first-order valence-electron chi connectivity index (χ1n) is 4.52. The molecule has 1 aromatic rings. The second kappa shape index (κ2) is 4.01. The maximum Gasteiger partial charge on any atom is 0.142 e. The van der Waals surface area contributed by atoms with Gasteiger partial charge < -0.3 is 0 Å². The number of Topliss-reactive ketones (excluding diaryl/α,β-unsaturated/α-hetero) is 1. The Kier molecular flexibility index (Phi) is 3.20. The van der Waals surface area contributed by atoms with Crippen LogP contribution in [-0.2, 0) is 4.79 Å². The minimum Gasteiger partial charge on any atom is -0.299 e. The summed E-state index contributed by atoms with van der Waals surface area (Å²) in [7, 11) is 0. The van der Waals surface area contributed by atoms with E-state index in [0.29, 0.717) is 6.42 Å². The van der Waals surface area contributed by atoms with E-state index in [9.17, 15) is 4.79 Å². The number of hydrogen-bond donors (Lipinski definition) is 0. The zero-order valence-electron chi connectivity index (χ0n) is 8.55. The molecule has 72 valence electrons. The first kappa shape index (κ1) is 10.4. The molecule has 0 aromatic carbocycles. The van der Waals surface area contributed by atoms with E-state index in [2.05, 4.69) is 4.98 Å². The summed E-state index contributed by atoms with van der Waals surface area (Å²) in [5.41, 5.74) is 1.05. The molecule has 1 aromatic heterocycles. The Morgan fingerprint density at radius 3 is 2.54 bits per heavy atom. The number of hydrogen-bond acceptors (Lipinski definition) is 3. The van der Waals surface area contributed by atoms with E-state index in [1.54, 1.807) is 11.3 Å². The van der Waals surface area contributed by atoms with Crippen LogP contribution < -0.4 is 0 Å². The zero-order chi connectivity index (χ0) is 10.0. The third-order valence-electron chi connectivity index (χ3n) is 2.25. The third-order valence-corrected chi connectivity index (χ3v) is 3.50. The van der Waals surface area contributed by atoms with Crippen molar-refractivity contribution in [2.75, 3.05) is 0 Å². The number of rotatable bonds is 3. The van der Waals surface area contributed by atoms with Gasteiger partial charge in [-0.05, 0) is 20.8 Å². The summed E-state index contributed by atoms with van der Waals surface area (Å²) >= 11 is 1.63. The van der Waals surface area contributed by atoms with Crippen molar-refractivity contribution < 1.29 is 4.79 Å². The van der Waals surface area contributed by atoms with Gasteiger partial charge in [0, 0.05) is 11.3 Å². The normalized spacial score (nSPS) is 12.9. The molecule has 0 aliphatic heterocycles. The van der Waals surface area contributed by atoms with Gasteiger partial charge >= 0.3 is 0 Å².